The number of nitrogens with one attached hydrogen (secondary N) is 2. The number of aliphatic hydroxyl groups excluding tert-OH is 1. The van der Waals surface area contributed by atoms with Crippen molar-refractivity contribution in [3.05, 3.63) is 65.5 Å². The van der Waals surface area contributed by atoms with Crippen LogP contribution in [0.1, 0.15) is 5.56 Å². The topological polar surface area (TPSA) is 61.4 Å². The number of carbonyl (C=O) groups is 1. The van der Waals surface area contributed by atoms with Gasteiger partial charge in [-0.3, -0.25) is 0 Å². The fourth-order valence-corrected chi connectivity index (χ4v) is 2.02. The number of carbonyl (C=O) groups excluding carboxylic acids is 1. The summed E-state index contributed by atoms with van der Waals surface area (Å²) in [7, 11) is 0. The zero-order valence-corrected chi connectivity index (χ0v) is 12.0. The number of benzene rings is 2. The lowest BCUT2D eigenvalue weighted by Crippen LogP contribution is -2.41. The Balaban J connectivity index is 1.99. The Bertz CT molecular complexity index is 681. The summed E-state index contributed by atoms with van der Waals surface area (Å²) in [5.74, 6) is -3.71. The molecule has 2 rings (SSSR count). The first kappa shape index (κ1) is 16.8. The van der Waals surface area contributed by atoms with Crippen molar-refractivity contribution < 1.29 is 23.1 Å². The molecule has 0 saturated carbocycles. The highest BCUT2D eigenvalue weighted by Gasteiger charge is 2.15. The van der Waals surface area contributed by atoms with Crippen LogP contribution >= 0.6 is 0 Å². The number of anilines is 1. The molecule has 0 aliphatic rings. The van der Waals surface area contributed by atoms with E-state index in [1.807, 2.05) is 30.3 Å². The molecule has 0 aromatic heterocycles. The van der Waals surface area contributed by atoms with Crippen LogP contribution in [0.5, 0.6) is 0 Å². The molecule has 2 aromatic rings. The summed E-state index contributed by atoms with van der Waals surface area (Å²) >= 11 is 0. The zero-order chi connectivity index (χ0) is 16.8. The molecule has 0 bridgehead atoms. The summed E-state index contributed by atoms with van der Waals surface area (Å²) in [5.41, 5.74) is 0.406. The average molecular weight is 324 g/mol. The van der Waals surface area contributed by atoms with Gasteiger partial charge in [-0.2, -0.15) is 0 Å². The van der Waals surface area contributed by atoms with E-state index in [1.165, 1.54) is 0 Å². The Kier molecular flexibility index (Phi) is 5.59. The molecule has 0 aliphatic carbocycles. The molecule has 4 nitrogen and oxygen atoms in total. The van der Waals surface area contributed by atoms with E-state index in [1.54, 1.807) is 0 Å². The van der Waals surface area contributed by atoms with E-state index >= 15 is 0 Å². The van der Waals surface area contributed by atoms with Crippen molar-refractivity contribution in [1.82, 2.24) is 5.32 Å². The minimum absolute atomic E-state index is 0.331. The minimum Gasteiger partial charge on any atom is -0.394 e. The lowest BCUT2D eigenvalue weighted by atomic mass is 10.1. The van der Waals surface area contributed by atoms with Crippen molar-refractivity contribution in [3.63, 3.8) is 0 Å². The van der Waals surface area contributed by atoms with Gasteiger partial charge < -0.3 is 15.7 Å². The van der Waals surface area contributed by atoms with Gasteiger partial charge in [0.05, 0.1) is 18.3 Å². The van der Waals surface area contributed by atoms with Crippen LogP contribution in [-0.2, 0) is 6.42 Å². The van der Waals surface area contributed by atoms with Gasteiger partial charge in [-0.25, -0.2) is 18.0 Å². The van der Waals surface area contributed by atoms with Crippen LogP contribution in [-0.4, -0.2) is 23.8 Å². The van der Waals surface area contributed by atoms with E-state index < -0.39 is 35.2 Å². The van der Waals surface area contributed by atoms with Gasteiger partial charge in [0.25, 0.3) is 0 Å². The van der Waals surface area contributed by atoms with Crippen LogP contribution < -0.4 is 10.6 Å². The fraction of sp³-hybridized carbons (Fsp3) is 0.188. The molecule has 0 aliphatic heterocycles. The van der Waals surface area contributed by atoms with Crippen molar-refractivity contribution in [2.24, 2.45) is 0 Å². The summed E-state index contributed by atoms with van der Waals surface area (Å²) in [4.78, 5) is 11.8. The first-order chi connectivity index (χ1) is 11.0. The Morgan fingerprint density at radius 3 is 2.35 bits per heavy atom. The van der Waals surface area contributed by atoms with Crippen LogP contribution in [0.25, 0.3) is 0 Å². The molecule has 2 aromatic carbocycles. The SMILES string of the molecule is O=C(Nc1cc(F)c(F)cc1F)N[C@H](CO)Cc1ccccc1. The lowest BCUT2D eigenvalue weighted by Gasteiger charge is -2.17. The third kappa shape index (κ3) is 4.72. The summed E-state index contributed by atoms with van der Waals surface area (Å²) in [6.07, 6.45) is 0.366. The molecule has 0 heterocycles. The predicted octanol–water partition coefficient (Wildman–Crippen LogP) is 2.83. The largest absolute Gasteiger partial charge is 0.394 e. The van der Waals surface area contributed by atoms with E-state index in [9.17, 15) is 23.1 Å². The normalized spacial score (nSPS) is 11.8. The van der Waals surface area contributed by atoms with Gasteiger partial charge in [-0.1, -0.05) is 30.3 Å². The lowest BCUT2D eigenvalue weighted by molar-refractivity contribution is 0.224. The summed E-state index contributed by atoms with van der Waals surface area (Å²) in [6, 6.07) is 8.60. The zero-order valence-electron chi connectivity index (χ0n) is 12.0. The van der Waals surface area contributed by atoms with Crippen molar-refractivity contribution >= 4 is 11.7 Å². The maximum absolute atomic E-state index is 13.5. The highest BCUT2D eigenvalue weighted by atomic mass is 19.2. The minimum atomic E-state index is -1.34. The second kappa shape index (κ2) is 7.64. The first-order valence-electron chi connectivity index (χ1n) is 6.86. The molecule has 0 radical (unpaired) electrons. The van der Waals surface area contributed by atoms with E-state index in [0.29, 0.717) is 18.6 Å². The van der Waals surface area contributed by atoms with Gasteiger partial charge >= 0.3 is 6.03 Å². The van der Waals surface area contributed by atoms with Gasteiger partial charge in [0.1, 0.15) is 5.82 Å². The number of aliphatic hydroxyl groups is 1. The molecule has 0 spiro atoms. The Hall–Kier alpha value is -2.54. The summed E-state index contributed by atoms with van der Waals surface area (Å²) in [5, 5.41) is 13.8. The molecule has 0 saturated heterocycles. The number of rotatable bonds is 5. The van der Waals surface area contributed by atoms with Gasteiger partial charge in [0, 0.05) is 12.1 Å². The van der Waals surface area contributed by atoms with Crippen molar-refractivity contribution in [2.75, 3.05) is 11.9 Å². The highest BCUT2D eigenvalue weighted by Crippen LogP contribution is 2.18. The summed E-state index contributed by atoms with van der Waals surface area (Å²) in [6.45, 7) is -0.331. The highest BCUT2D eigenvalue weighted by molar-refractivity contribution is 5.89. The third-order valence-electron chi connectivity index (χ3n) is 3.14. The average Bonchev–Trinajstić information content (AvgIpc) is 2.53. The van der Waals surface area contributed by atoms with Gasteiger partial charge in [0.2, 0.25) is 0 Å². The monoisotopic (exact) mass is 324 g/mol. The van der Waals surface area contributed by atoms with E-state index in [0.717, 1.165) is 5.56 Å². The molecule has 2 amide bonds. The molecule has 1 atom stereocenters. The molecule has 0 fully saturated rings. The number of halogens is 3. The molecule has 122 valence electrons. The van der Waals surface area contributed by atoms with E-state index in [2.05, 4.69) is 10.6 Å². The molecule has 7 heteroatoms. The number of hydrogen-bond donors (Lipinski definition) is 3. The molecular weight excluding hydrogens is 309 g/mol. The smallest absolute Gasteiger partial charge is 0.319 e. The van der Waals surface area contributed by atoms with Crippen LogP contribution in [0.3, 0.4) is 0 Å². The Morgan fingerprint density at radius 2 is 1.70 bits per heavy atom. The Labute approximate surface area is 131 Å². The fourth-order valence-electron chi connectivity index (χ4n) is 2.02. The van der Waals surface area contributed by atoms with Crippen LogP contribution in [0.4, 0.5) is 23.7 Å². The molecule has 23 heavy (non-hydrogen) atoms. The molecule has 0 unspecified atom stereocenters. The van der Waals surface area contributed by atoms with Crippen molar-refractivity contribution in [2.45, 2.75) is 12.5 Å². The quantitative estimate of drug-likeness (QED) is 0.741. The van der Waals surface area contributed by atoms with Gasteiger partial charge in [0.15, 0.2) is 11.6 Å². The van der Waals surface area contributed by atoms with Crippen molar-refractivity contribution in [1.29, 1.82) is 0 Å². The maximum atomic E-state index is 13.5. The maximum Gasteiger partial charge on any atom is 0.319 e. The third-order valence-corrected chi connectivity index (χ3v) is 3.14. The number of urea groups is 1. The second-order valence-electron chi connectivity index (χ2n) is 4.91. The van der Waals surface area contributed by atoms with Crippen LogP contribution in [0.2, 0.25) is 0 Å². The van der Waals surface area contributed by atoms with E-state index in [4.69, 9.17) is 0 Å². The predicted molar refractivity (Wildman–Crippen MR) is 79.5 cm³/mol. The van der Waals surface area contributed by atoms with Gasteiger partial charge in [-0.05, 0) is 12.0 Å². The Morgan fingerprint density at radius 1 is 1.04 bits per heavy atom. The first-order valence-corrected chi connectivity index (χ1v) is 6.86. The standard InChI is InChI=1S/C16H15F3N2O2/c17-12-7-14(19)15(8-13(12)18)21-16(23)20-11(9-22)6-10-4-2-1-3-5-10/h1-5,7-8,11,22H,6,9H2,(H2,20,21,23)/t11-/m0/s1. The van der Waals surface area contributed by atoms with Gasteiger partial charge in [-0.15, -0.1) is 0 Å². The number of amides is 2. The molecular formula is C16H15F3N2O2. The van der Waals surface area contributed by atoms with Crippen LogP contribution in [0.15, 0.2) is 42.5 Å². The van der Waals surface area contributed by atoms with Crippen molar-refractivity contribution in [3.8, 4) is 0 Å². The second-order valence-corrected chi connectivity index (χ2v) is 4.91. The molecule has 3 N–H and O–H groups in total. The van der Waals surface area contributed by atoms with Crippen LogP contribution in [0, 0.1) is 17.5 Å². The van der Waals surface area contributed by atoms with E-state index in [-0.39, 0.29) is 6.61 Å². The summed E-state index contributed by atoms with van der Waals surface area (Å²) < 4.78 is 39.4. The number of hydrogen-bond acceptors (Lipinski definition) is 2.